The van der Waals surface area contributed by atoms with Crippen molar-refractivity contribution in [3.63, 3.8) is 0 Å². The summed E-state index contributed by atoms with van der Waals surface area (Å²) in [6.07, 6.45) is 1.18. The lowest BCUT2D eigenvalue weighted by atomic mass is 10.2. The van der Waals surface area contributed by atoms with Crippen LogP contribution < -0.4 is 5.56 Å². The molecule has 0 saturated carbocycles. The Morgan fingerprint density at radius 3 is 2.84 bits per heavy atom. The molecule has 1 aromatic heterocycles. The molecule has 3 aromatic rings. The van der Waals surface area contributed by atoms with E-state index in [1.54, 1.807) is 25.1 Å². The molecule has 126 valence electrons. The highest BCUT2D eigenvalue weighted by atomic mass is 79.9. The van der Waals surface area contributed by atoms with Gasteiger partial charge in [-0.05, 0) is 31.2 Å². The van der Waals surface area contributed by atoms with Gasteiger partial charge in [0, 0.05) is 16.1 Å². The number of hydrogen-bond donors (Lipinski definition) is 1. The predicted octanol–water partition coefficient (Wildman–Crippen LogP) is 2.96. The van der Waals surface area contributed by atoms with Crippen molar-refractivity contribution in [2.45, 2.75) is 6.92 Å². The Labute approximate surface area is 149 Å². The van der Waals surface area contributed by atoms with E-state index in [0.717, 1.165) is 9.15 Å². The lowest BCUT2D eigenvalue weighted by Gasteiger charge is -2.06. The molecule has 0 fully saturated rings. The molecule has 8 nitrogen and oxygen atoms in total. The Kier molecular flexibility index (Phi) is 4.32. The first-order chi connectivity index (χ1) is 11.9. The van der Waals surface area contributed by atoms with Crippen LogP contribution in [-0.2, 0) is 0 Å². The molecule has 0 radical (unpaired) electrons. The molecule has 0 aliphatic heterocycles. The smallest absolute Gasteiger partial charge is 0.311 e. The summed E-state index contributed by atoms with van der Waals surface area (Å²) in [5, 5.41) is 25.2. The fourth-order valence-corrected chi connectivity index (χ4v) is 2.68. The Balaban J connectivity index is 2.13. The molecule has 1 heterocycles. The highest BCUT2D eigenvalue weighted by molar-refractivity contribution is 9.10. The third-order valence-electron chi connectivity index (χ3n) is 3.53. The summed E-state index contributed by atoms with van der Waals surface area (Å²) < 4.78 is 1.81. The molecule has 25 heavy (non-hydrogen) atoms. The quantitative estimate of drug-likeness (QED) is 0.411. The molecule has 0 spiro atoms. The van der Waals surface area contributed by atoms with Gasteiger partial charge in [0.15, 0.2) is 0 Å². The minimum absolute atomic E-state index is 0.120. The Bertz CT molecular complexity index is 1090. The molecule has 3 rings (SSSR count). The zero-order valence-electron chi connectivity index (χ0n) is 12.9. The predicted molar refractivity (Wildman–Crippen MR) is 96.2 cm³/mol. The number of halogens is 1. The largest absolute Gasteiger partial charge is 0.502 e. The Morgan fingerprint density at radius 1 is 1.36 bits per heavy atom. The summed E-state index contributed by atoms with van der Waals surface area (Å²) in [4.78, 5) is 27.1. The van der Waals surface area contributed by atoms with Gasteiger partial charge in [0.1, 0.15) is 5.82 Å². The second kappa shape index (κ2) is 6.44. The van der Waals surface area contributed by atoms with Crippen LogP contribution >= 0.6 is 15.9 Å². The summed E-state index contributed by atoms with van der Waals surface area (Å²) in [5.74, 6) is -0.167. The van der Waals surface area contributed by atoms with Crippen LogP contribution in [0.2, 0.25) is 0 Å². The number of phenolic OH excluding ortho intramolecular Hbond substituents is 1. The summed E-state index contributed by atoms with van der Waals surface area (Å²) in [5.41, 5.74) is -0.163. The third kappa shape index (κ3) is 3.13. The number of benzene rings is 2. The molecular weight excluding hydrogens is 392 g/mol. The van der Waals surface area contributed by atoms with Gasteiger partial charge in [0.2, 0.25) is 5.75 Å². The van der Waals surface area contributed by atoms with Crippen molar-refractivity contribution >= 4 is 38.7 Å². The summed E-state index contributed by atoms with van der Waals surface area (Å²) in [7, 11) is 0. The van der Waals surface area contributed by atoms with Gasteiger partial charge in [-0.3, -0.25) is 14.9 Å². The van der Waals surface area contributed by atoms with Crippen LogP contribution in [0, 0.1) is 17.0 Å². The molecule has 0 unspecified atom stereocenters. The van der Waals surface area contributed by atoms with Gasteiger partial charge in [0.05, 0.1) is 22.0 Å². The fraction of sp³-hybridized carbons (Fsp3) is 0.0625. The van der Waals surface area contributed by atoms with Crippen LogP contribution in [0.15, 0.2) is 50.8 Å². The lowest BCUT2D eigenvalue weighted by molar-refractivity contribution is -0.385. The van der Waals surface area contributed by atoms with Gasteiger partial charge < -0.3 is 5.11 Å². The van der Waals surface area contributed by atoms with Crippen LogP contribution in [0.3, 0.4) is 0 Å². The first kappa shape index (κ1) is 16.8. The summed E-state index contributed by atoms with van der Waals surface area (Å²) >= 11 is 3.31. The zero-order valence-corrected chi connectivity index (χ0v) is 14.5. The molecule has 0 atom stereocenters. The van der Waals surface area contributed by atoms with Crippen LogP contribution in [0.25, 0.3) is 10.9 Å². The van der Waals surface area contributed by atoms with E-state index >= 15 is 0 Å². The topological polar surface area (TPSA) is 111 Å². The molecule has 0 aliphatic carbocycles. The fourth-order valence-electron chi connectivity index (χ4n) is 2.32. The normalized spacial score (nSPS) is 11.3. The number of hydrogen-bond acceptors (Lipinski definition) is 6. The van der Waals surface area contributed by atoms with Gasteiger partial charge >= 0.3 is 5.69 Å². The van der Waals surface area contributed by atoms with Gasteiger partial charge in [-0.2, -0.15) is 9.78 Å². The molecule has 9 heteroatoms. The zero-order chi connectivity index (χ0) is 18.1. The third-order valence-corrected chi connectivity index (χ3v) is 4.02. The van der Waals surface area contributed by atoms with Gasteiger partial charge in [-0.1, -0.05) is 22.0 Å². The van der Waals surface area contributed by atoms with Gasteiger partial charge in [0.25, 0.3) is 5.56 Å². The number of nitro benzene ring substituents is 1. The second-order valence-electron chi connectivity index (χ2n) is 5.15. The van der Waals surface area contributed by atoms with Crippen molar-refractivity contribution in [3.05, 3.63) is 72.7 Å². The van der Waals surface area contributed by atoms with E-state index in [2.05, 4.69) is 26.0 Å². The van der Waals surface area contributed by atoms with E-state index in [0.29, 0.717) is 16.7 Å². The highest BCUT2D eigenvalue weighted by Gasteiger charge is 2.15. The van der Waals surface area contributed by atoms with Gasteiger partial charge in [-0.25, -0.2) is 4.98 Å². The minimum Gasteiger partial charge on any atom is -0.502 e. The van der Waals surface area contributed by atoms with Crippen molar-refractivity contribution in [1.82, 2.24) is 9.66 Å². The number of aromatic nitrogens is 2. The minimum atomic E-state index is -0.695. The number of phenols is 1. The number of rotatable bonds is 3. The van der Waals surface area contributed by atoms with Crippen LogP contribution in [0.5, 0.6) is 5.75 Å². The maximum absolute atomic E-state index is 12.6. The van der Waals surface area contributed by atoms with Gasteiger partial charge in [-0.15, -0.1) is 0 Å². The maximum Gasteiger partial charge on any atom is 0.311 e. The van der Waals surface area contributed by atoms with Crippen LogP contribution in [-0.4, -0.2) is 25.9 Å². The maximum atomic E-state index is 12.6. The molecule has 0 saturated heterocycles. The van der Waals surface area contributed by atoms with E-state index < -0.39 is 16.4 Å². The van der Waals surface area contributed by atoms with Crippen molar-refractivity contribution in [2.24, 2.45) is 5.10 Å². The number of nitrogens with zero attached hydrogens (tertiary/aromatic N) is 4. The number of aryl methyl sites for hydroxylation is 1. The Hall–Kier alpha value is -3.07. The first-order valence-corrected chi connectivity index (χ1v) is 7.87. The number of para-hydroxylation sites is 1. The molecule has 1 N–H and O–H groups in total. The van der Waals surface area contributed by atoms with Crippen LogP contribution in [0.4, 0.5) is 5.69 Å². The number of aromatic hydroxyl groups is 1. The van der Waals surface area contributed by atoms with E-state index in [1.807, 2.05) is 0 Å². The van der Waals surface area contributed by atoms with E-state index in [4.69, 9.17) is 0 Å². The van der Waals surface area contributed by atoms with Crippen molar-refractivity contribution in [3.8, 4) is 5.75 Å². The standard InChI is InChI=1S/C16H11BrN4O4/c1-9-19-13-6-5-11(17)7-12(13)16(23)20(9)18-8-10-3-2-4-14(15(10)22)21(24)25/h2-8,22H,1H3. The van der Waals surface area contributed by atoms with E-state index in [-0.39, 0.29) is 11.1 Å². The molecule has 0 amide bonds. The summed E-state index contributed by atoms with van der Waals surface area (Å²) in [6.45, 7) is 1.62. The number of fused-ring (bicyclic) bond motifs is 1. The average molecular weight is 403 g/mol. The van der Waals surface area contributed by atoms with E-state index in [9.17, 15) is 20.0 Å². The second-order valence-corrected chi connectivity index (χ2v) is 6.07. The van der Waals surface area contributed by atoms with E-state index in [1.165, 1.54) is 24.4 Å². The summed E-state index contributed by atoms with van der Waals surface area (Å²) in [6, 6.07) is 9.19. The average Bonchev–Trinajstić information content (AvgIpc) is 2.56. The van der Waals surface area contributed by atoms with Crippen LogP contribution in [0.1, 0.15) is 11.4 Å². The first-order valence-electron chi connectivity index (χ1n) is 7.08. The van der Waals surface area contributed by atoms with Crippen molar-refractivity contribution in [2.75, 3.05) is 0 Å². The Morgan fingerprint density at radius 2 is 2.12 bits per heavy atom. The molecule has 0 bridgehead atoms. The molecule has 2 aromatic carbocycles. The molecule has 0 aliphatic rings. The van der Waals surface area contributed by atoms with Crippen molar-refractivity contribution < 1.29 is 10.0 Å². The monoisotopic (exact) mass is 402 g/mol. The lowest BCUT2D eigenvalue weighted by Crippen LogP contribution is -2.20. The molecular formula is C16H11BrN4O4. The highest BCUT2D eigenvalue weighted by Crippen LogP contribution is 2.28. The SMILES string of the molecule is Cc1nc2ccc(Br)cc2c(=O)n1N=Cc1cccc([N+](=O)[O-])c1O. The van der Waals surface area contributed by atoms with Crippen molar-refractivity contribution in [1.29, 1.82) is 0 Å². The number of nitro groups is 1.